The van der Waals surface area contributed by atoms with Crippen molar-refractivity contribution in [2.45, 2.75) is 5.03 Å². The van der Waals surface area contributed by atoms with Gasteiger partial charge in [0.1, 0.15) is 5.75 Å². The standard InChI is InChI=1S/C15H13N3O4S/c16-17-23(21,22)14-9-11-3-1-2-4-13(11)18(14)15(20)10-5-7-12(19)8-6-10/h1-9,17,19H,16H2. The quantitative estimate of drug-likeness (QED) is 0.492. The normalized spacial score (nSPS) is 11.7. The van der Waals surface area contributed by atoms with Crippen LogP contribution in [0, 0.1) is 0 Å². The Morgan fingerprint density at radius 3 is 2.39 bits per heavy atom. The van der Waals surface area contributed by atoms with Gasteiger partial charge in [-0.1, -0.05) is 18.2 Å². The highest BCUT2D eigenvalue weighted by molar-refractivity contribution is 7.89. The number of aromatic hydroxyl groups is 1. The number of nitrogens with zero attached hydrogens (tertiary/aromatic N) is 1. The van der Waals surface area contributed by atoms with Gasteiger partial charge in [-0.05, 0) is 36.4 Å². The molecule has 3 aromatic rings. The molecule has 0 amide bonds. The van der Waals surface area contributed by atoms with Gasteiger partial charge in [-0.25, -0.2) is 8.42 Å². The molecule has 0 aliphatic carbocycles. The molecule has 4 N–H and O–H groups in total. The maximum absolute atomic E-state index is 12.8. The minimum absolute atomic E-state index is 0.00961. The fourth-order valence-corrected chi connectivity index (χ4v) is 3.15. The third-order valence-electron chi connectivity index (χ3n) is 3.42. The van der Waals surface area contributed by atoms with E-state index in [9.17, 15) is 18.3 Å². The SMILES string of the molecule is NNS(=O)(=O)c1cc2ccccc2n1C(=O)c1ccc(O)cc1. The van der Waals surface area contributed by atoms with E-state index in [2.05, 4.69) is 0 Å². The van der Waals surface area contributed by atoms with Crippen LogP contribution in [-0.2, 0) is 10.0 Å². The van der Waals surface area contributed by atoms with Crippen molar-refractivity contribution in [2.24, 2.45) is 5.84 Å². The fourth-order valence-electron chi connectivity index (χ4n) is 2.33. The summed E-state index contributed by atoms with van der Waals surface area (Å²) in [6.45, 7) is 0. The number of phenolic OH excluding ortho intramolecular Hbond substituents is 1. The number of nitrogens with one attached hydrogen (secondary N) is 1. The van der Waals surface area contributed by atoms with E-state index < -0.39 is 15.9 Å². The largest absolute Gasteiger partial charge is 0.508 e. The average Bonchev–Trinajstić information content (AvgIpc) is 2.95. The molecule has 0 aliphatic heterocycles. The zero-order chi connectivity index (χ0) is 16.6. The van der Waals surface area contributed by atoms with Crippen LogP contribution in [0.2, 0.25) is 0 Å². The van der Waals surface area contributed by atoms with Gasteiger partial charge in [0, 0.05) is 10.9 Å². The predicted octanol–water partition coefficient (Wildman–Crippen LogP) is 1.19. The van der Waals surface area contributed by atoms with Gasteiger partial charge in [-0.15, -0.1) is 4.83 Å². The number of hydrazine groups is 1. The molecule has 0 aliphatic rings. The average molecular weight is 331 g/mol. The van der Waals surface area contributed by atoms with Crippen LogP contribution in [0.25, 0.3) is 10.9 Å². The highest BCUT2D eigenvalue weighted by atomic mass is 32.2. The smallest absolute Gasteiger partial charge is 0.269 e. The molecule has 118 valence electrons. The molecule has 0 unspecified atom stereocenters. The molecular weight excluding hydrogens is 318 g/mol. The van der Waals surface area contributed by atoms with Gasteiger partial charge in [0.05, 0.1) is 5.52 Å². The van der Waals surface area contributed by atoms with Crippen molar-refractivity contribution in [2.75, 3.05) is 0 Å². The maximum Gasteiger partial charge on any atom is 0.269 e. The first kappa shape index (κ1) is 15.2. The van der Waals surface area contributed by atoms with Gasteiger partial charge in [0.25, 0.3) is 15.9 Å². The maximum atomic E-state index is 12.8. The Morgan fingerprint density at radius 1 is 1.09 bits per heavy atom. The number of rotatable bonds is 3. The van der Waals surface area contributed by atoms with Crippen LogP contribution in [0.5, 0.6) is 5.75 Å². The van der Waals surface area contributed by atoms with E-state index in [1.807, 2.05) is 0 Å². The number of sulfonamides is 1. The zero-order valence-electron chi connectivity index (χ0n) is 11.8. The molecule has 0 spiro atoms. The number of carbonyl (C=O) groups is 1. The number of hydrogen-bond acceptors (Lipinski definition) is 5. The van der Waals surface area contributed by atoms with E-state index in [4.69, 9.17) is 5.84 Å². The van der Waals surface area contributed by atoms with Crippen LogP contribution in [0.15, 0.2) is 59.6 Å². The lowest BCUT2D eigenvalue weighted by Crippen LogP contribution is -2.33. The third-order valence-corrected chi connectivity index (χ3v) is 4.59. The first-order chi connectivity index (χ1) is 10.9. The Morgan fingerprint density at radius 2 is 1.74 bits per heavy atom. The minimum atomic E-state index is -4.03. The summed E-state index contributed by atoms with van der Waals surface area (Å²) in [4.78, 5) is 14.5. The molecule has 3 rings (SSSR count). The Balaban J connectivity index is 2.28. The van der Waals surface area contributed by atoms with E-state index in [1.54, 1.807) is 29.1 Å². The molecule has 0 saturated carbocycles. The van der Waals surface area contributed by atoms with E-state index in [0.29, 0.717) is 10.9 Å². The van der Waals surface area contributed by atoms with Crippen molar-refractivity contribution >= 4 is 26.8 Å². The highest BCUT2D eigenvalue weighted by Gasteiger charge is 2.24. The van der Waals surface area contributed by atoms with Crippen molar-refractivity contribution in [1.82, 2.24) is 9.40 Å². The molecule has 1 heterocycles. The second-order valence-corrected chi connectivity index (χ2v) is 6.51. The molecule has 0 radical (unpaired) electrons. The minimum Gasteiger partial charge on any atom is -0.508 e. The molecule has 2 aromatic carbocycles. The molecular formula is C15H13N3O4S. The van der Waals surface area contributed by atoms with E-state index >= 15 is 0 Å². The zero-order valence-corrected chi connectivity index (χ0v) is 12.6. The summed E-state index contributed by atoms with van der Waals surface area (Å²) in [7, 11) is -4.03. The second-order valence-electron chi connectivity index (χ2n) is 4.85. The summed E-state index contributed by atoms with van der Waals surface area (Å²) in [5.74, 6) is 4.56. The molecule has 0 bridgehead atoms. The summed E-state index contributed by atoms with van der Waals surface area (Å²) in [5.41, 5.74) is 0.678. The Hall–Kier alpha value is -2.68. The van der Waals surface area contributed by atoms with E-state index in [1.165, 1.54) is 30.3 Å². The number of para-hydroxylation sites is 1. The van der Waals surface area contributed by atoms with Gasteiger partial charge in [-0.2, -0.15) is 0 Å². The summed E-state index contributed by atoms with van der Waals surface area (Å²) in [6, 6.07) is 13.7. The lowest BCUT2D eigenvalue weighted by Gasteiger charge is -2.09. The van der Waals surface area contributed by atoms with Crippen LogP contribution < -0.4 is 10.7 Å². The van der Waals surface area contributed by atoms with Gasteiger partial charge in [0.2, 0.25) is 0 Å². The molecule has 0 atom stereocenters. The van der Waals surface area contributed by atoms with E-state index in [0.717, 1.165) is 4.57 Å². The lowest BCUT2D eigenvalue weighted by molar-refractivity contribution is 0.0955. The third kappa shape index (κ3) is 2.59. The van der Waals surface area contributed by atoms with Crippen molar-refractivity contribution in [3.8, 4) is 5.75 Å². The number of carbonyl (C=O) groups excluding carboxylic acids is 1. The van der Waals surface area contributed by atoms with Gasteiger partial charge < -0.3 is 5.11 Å². The number of phenols is 1. The predicted molar refractivity (Wildman–Crippen MR) is 84.3 cm³/mol. The van der Waals surface area contributed by atoms with Gasteiger partial charge in [-0.3, -0.25) is 15.2 Å². The summed E-state index contributed by atoms with van der Waals surface area (Å²) >= 11 is 0. The molecule has 23 heavy (non-hydrogen) atoms. The second kappa shape index (κ2) is 5.51. The van der Waals surface area contributed by atoms with Crippen molar-refractivity contribution in [3.05, 3.63) is 60.2 Å². The first-order valence-electron chi connectivity index (χ1n) is 6.60. The summed E-state index contributed by atoms with van der Waals surface area (Å²) < 4.78 is 25.3. The van der Waals surface area contributed by atoms with Crippen LogP contribution >= 0.6 is 0 Å². The van der Waals surface area contributed by atoms with Crippen LogP contribution in [0.1, 0.15) is 10.4 Å². The summed E-state index contributed by atoms with van der Waals surface area (Å²) in [6.07, 6.45) is 0. The van der Waals surface area contributed by atoms with Gasteiger partial charge >= 0.3 is 0 Å². The number of hydrogen-bond donors (Lipinski definition) is 3. The monoisotopic (exact) mass is 331 g/mol. The van der Waals surface area contributed by atoms with Crippen molar-refractivity contribution in [3.63, 3.8) is 0 Å². The summed E-state index contributed by atoms with van der Waals surface area (Å²) in [5, 5.41) is 9.66. The van der Waals surface area contributed by atoms with Crippen LogP contribution in [0.4, 0.5) is 0 Å². The Labute approximate surface area is 132 Å². The van der Waals surface area contributed by atoms with E-state index in [-0.39, 0.29) is 16.3 Å². The molecule has 0 fully saturated rings. The van der Waals surface area contributed by atoms with Crippen molar-refractivity contribution < 1.29 is 18.3 Å². The fraction of sp³-hybridized carbons (Fsp3) is 0. The number of aromatic nitrogens is 1. The van der Waals surface area contributed by atoms with Crippen LogP contribution in [-0.4, -0.2) is 24.0 Å². The van der Waals surface area contributed by atoms with Gasteiger partial charge in [0.15, 0.2) is 5.03 Å². The molecule has 8 heteroatoms. The Bertz CT molecular complexity index is 991. The lowest BCUT2D eigenvalue weighted by atomic mass is 10.2. The molecule has 7 nitrogen and oxygen atoms in total. The number of nitrogens with two attached hydrogens (primary N) is 1. The highest BCUT2D eigenvalue weighted by Crippen LogP contribution is 2.24. The molecule has 0 saturated heterocycles. The number of fused-ring (bicyclic) bond motifs is 1. The van der Waals surface area contributed by atoms with Crippen molar-refractivity contribution in [1.29, 1.82) is 0 Å². The topological polar surface area (TPSA) is 114 Å². The number of benzene rings is 2. The molecule has 1 aromatic heterocycles. The first-order valence-corrected chi connectivity index (χ1v) is 8.09. The van der Waals surface area contributed by atoms with Crippen LogP contribution in [0.3, 0.4) is 0 Å². The Kier molecular flexibility index (Phi) is 3.64.